The molecule has 5 saturated heterocycles. The molecule has 0 aliphatic carbocycles. The third kappa shape index (κ3) is 30.5. The van der Waals surface area contributed by atoms with Crippen LogP contribution in [0.15, 0.2) is 12.2 Å². The lowest BCUT2D eigenvalue weighted by Crippen LogP contribution is -2.70. The Labute approximate surface area is 610 Å². The molecular formula is C74H136N2O27. The van der Waals surface area contributed by atoms with Gasteiger partial charge in [0.25, 0.3) is 0 Å². The lowest BCUT2D eigenvalue weighted by atomic mass is 9.94. The zero-order chi connectivity index (χ0) is 75.2. The van der Waals surface area contributed by atoms with E-state index in [1.807, 2.05) is 6.08 Å². The number of aliphatic hydroxyl groups excluding tert-OH is 15. The zero-order valence-corrected chi connectivity index (χ0v) is 61.9. The zero-order valence-electron chi connectivity index (χ0n) is 61.9. The average molecular weight is 1490 g/mol. The molecule has 5 heterocycles. The quantitative estimate of drug-likeness (QED) is 0.0307. The highest BCUT2D eigenvalue weighted by molar-refractivity contribution is 5.76. The molecule has 5 aliphatic heterocycles. The summed E-state index contributed by atoms with van der Waals surface area (Å²) in [4.78, 5) is 26.2. The van der Waals surface area contributed by atoms with Crippen molar-refractivity contribution in [2.45, 2.75) is 412 Å². The number of rotatable bonds is 53. The molecule has 0 spiro atoms. The van der Waals surface area contributed by atoms with Crippen molar-refractivity contribution >= 4 is 11.8 Å². The topological polar surface area (TPSA) is 454 Å². The molecule has 17 N–H and O–H groups in total. The van der Waals surface area contributed by atoms with E-state index in [4.69, 9.17) is 47.4 Å². The van der Waals surface area contributed by atoms with Gasteiger partial charge in [-0.15, -0.1) is 0 Å². The number of allylic oxidation sites excluding steroid dienone is 1. The van der Waals surface area contributed by atoms with Crippen molar-refractivity contribution in [3.63, 3.8) is 0 Å². The molecule has 0 aromatic carbocycles. The summed E-state index contributed by atoms with van der Waals surface area (Å²) in [5.74, 6) is -1.10. The number of hydrogen-bond donors (Lipinski definition) is 17. The number of hydrogen-bond acceptors (Lipinski definition) is 27. The van der Waals surface area contributed by atoms with Gasteiger partial charge in [0.05, 0.1) is 51.3 Å². The smallest absolute Gasteiger partial charge is 0.220 e. The Balaban J connectivity index is 1.17. The van der Waals surface area contributed by atoms with E-state index in [1.165, 1.54) is 161 Å². The summed E-state index contributed by atoms with van der Waals surface area (Å²) in [5.41, 5.74) is 0. The Morgan fingerprint density at radius 2 is 0.757 bits per heavy atom. The molecular weight excluding hydrogens is 1350 g/mol. The van der Waals surface area contributed by atoms with Crippen LogP contribution in [0.5, 0.6) is 0 Å². The van der Waals surface area contributed by atoms with Crippen molar-refractivity contribution in [1.82, 2.24) is 10.6 Å². The Bertz CT molecular complexity index is 2240. The van der Waals surface area contributed by atoms with Crippen LogP contribution >= 0.6 is 0 Å². The first kappa shape index (κ1) is 91.3. The predicted molar refractivity (Wildman–Crippen MR) is 376 cm³/mol. The van der Waals surface area contributed by atoms with E-state index in [0.29, 0.717) is 12.8 Å². The van der Waals surface area contributed by atoms with Gasteiger partial charge in [-0.25, -0.2) is 0 Å². The highest BCUT2D eigenvalue weighted by Gasteiger charge is 2.57. The second-order valence-corrected chi connectivity index (χ2v) is 29.2. The summed E-state index contributed by atoms with van der Waals surface area (Å²) in [5, 5.41) is 172. The van der Waals surface area contributed by atoms with E-state index in [9.17, 15) is 86.2 Å². The SMILES string of the molecule is CCCCCCCCCCCCC/C=C/[C@@H](O)[C@H](CO[C@@H]1OC(CO)[C@@H](O[C@@H]2OC(CO)[C@H](O)[C@H](O[C@H]3OC(CO)[C@H](O)[C@H](O[C@@H]4OC(CO)[C@@H](O)[C@H](O[C@H]5OC(C)[C@@H](O)C(O)[C@@H]5O)C4NC(C)=O)C3O)C2O)[C@H](O)C1O)NC(=O)CCCCCCCCCCCCCCCCCCCCCCC. The lowest BCUT2D eigenvalue weighted by Gasteiger charge is -2.50. The van der Waals surface area contributed by atoms with Gasteiger partial charge in [0.15, 0.2) is 31.5 Å². The van der Waals surface area contributed by atoms with Crippen molar-refractivity contribution in [3.8, 4) is 0 Å². The van der Waals surface area contributed by atoms with Crippen LogP contribution in [0.25, 0.3) is 0 Å². The fourth-order valence-corrected chi connectivity index (χ4v) is 14.2. The first-order valence-corrected chi connectivity index (χ1v) is 39.3. The van der Waals surface area contributed by atoms with Gasteiger partial charge in [-0.3, -0.25) is 9.59 Å². The normalized spacial score (nSPS) is 35.0. The largest absolute Gasteiger partial charge is 0.394 e. The molecule has 27 atom stereocenters. The predicted octanol–water partition coefficient (Wildman–Crippen LogP) is 2.98. The lowest BCUT2D eigenvalue weighted by molar-refractivity contribution is -0.389. The fourth-order valence-electron chi connectivity index (χ4n) is 14.2. The molecule has 10 unspecified atom stereocenters. The second-order valence-electron chi connectivity index (χ2n) is 29.2. The van der Waals surface area contributed by atoms with Crippen LogP contribution in [0.1, 0.15) is 246 Å². The molecule has 0 radical (unpaired) electrons. The standard InChI is InChI=1S/C74H136N2O27/c1-5-7-9-11-13-15-17-19-20-21-22-23-24-25-26-28-30-32-34-36-38-40-54(83)76-48(49(82)39-37-35-33-31-29-27-18-16-14-12-10-8-6-2)45-94-71-63(91)61(89)66(53(44-80)99-71)100-73-65(93)69(59(87)52(43-79)97-73)103-74-64(92)68(58(86)51(42-78)98-74)102-70-55(75-47(4)81)67(57(85)50(41-77)96-70)101-72-62(90)60(88)56(84)46(3)95-72/h37,39,46,48-53,55-74,77-80,82,84-93H,5-36,38,40-45H2,1-4H3,(H,75,81)(H,76,83)/b39-37+/t46?,48-,49+,50?,51?,52?,53?,55?,56+,57+,58-,59-,60?,61+,62-,63?,64?,65?,66+,67+,68-,69-,70-,71+,72+,73-,74+/m0/s1. The van der Waals surface area contributed by atoms with E-state index in [-0.39, 0.29) is 12.3 Å². The molecule has 29 nitrogen and oxygen atoms in total. The molecule has 0 aromatic rings. The molecule has 29 heteroatoms. The van der Waals surface area contributed by atoms with Crippen LogP contribution in [0.3, 0.4) is 0 Å². The average Bonchev–Trinajstić information content (AvgIpc) is 0.774. The number of carbonyl (C=O) groups excluding carboxylic acids is 2. The molecule has 0 bridgehead atoms. The van der Waals surface area contributed by atoms with Gasteiger partial charge in [0.2, 0.25) is 11.8 Å². The summed E-state index contributed by atoms with van der Waals surface area (Å²) in [6.07, 6.45) is -1.87. The summed E-state index contributed by atoms with van der Waals surface area (Å²) < 4.78 is 58.8. The van der Waals surface area contributed by atoms with Gasteiger partial charge in [-0.05, 0) is 26.2 Å². The van der Waals surface area contributed by atoms with E-state index in [1.54, 1.807) is 6.08 Å². The number of aliphatic hydroxyl groups is 15. The molecule has 0 aromatic heterocycles. The third-order valence-corrected chi connectivity index (χ3v) is 20.7. The van der Waals surface area contributed by atoms with E-state index < -0.39 is 205 Å². The van der Waals surface area contributed by atoms with Crippen molar-refractivity contribution in [2.24, 2.45) is 0 Å². The third-order valence-electron chi connectivity index (χ3n) is 20.7. The highest BCUT2D eigenvalue weighted by atomic mass is 16.8. The van der Waals surface area contributed by atoms with Crippen LogP contribution in [-0.4, -0.2) is 287 Å². The minimum Gasteiger partial charge on any atom is -0.394 e. The first-order valence-electron chi connectivity index (χ1n) is 39.3. The van der Waals surface area contributed by atoms with Crippen molar-refractivity contribution < 1.29 is 134 Å². The molecule has 5 rings (SSSR count). The van der Waals surface area contributed by atoms with Crippen molar-refractivity contribution in [3.05, 3.63) is 12.2 Å². The molecule has 0 saturated carbocycles. The van der Waals surface area contributed by atoms with Gasteiger partial charge < -0.3 is 135 Å². The van der Waals surface area contributed by atoms with E-state index in [0.717, 1.165) is 51.9 Å². The van der Waals surface area contributed by atoms with Gasteiger partial charge in [-0.2, -0.15) is 0 Å². The maximum Gasteiger partial charge on any atom is 0.220 e. The van der Waals surface area contributed by atoms with Gasteiger partial charge in [0.1, 0.15) is 116 Å². The Hall–Kier alpha value is -2.32. The molecule has 5 fully saturated rings. The Morgan fingerprint density at radius 3 is 1.19 bits per heavy atom. The molecule has 604 valence electrons. The van der Waals surface area contributed by atoms with E-state index >= 15 is 0 Å². The maximum absolute atomic E-state index is 13.5. The van der Waals surface area contributed by atoms with Crippen LogP contribution in [0.2, 0.25) is 0 Å². The van der Waals surface area contributed by atoms with E-state index in [2.05, 4.69) is 24.5 Å². The summed E-state index contributed by atoms with van der Waals surface area (Å²) in [6, 6.07) is -2.70. The Kier molecular flexibility index (Phi) is 45.4. The monoisotopic (exact) mass is 1480 g/mol. The first-order chi connectivity index (χ1) is 49.7. The molecule has 103 heavy (non-hydrogen) atoms. The minimum absolute atomic E-state index is 0.196. The number of ether oxygens (including phenoxy) is 10. The van der Waals surface area contributed by atoms with Crippen molar-refractivity contribution in [1.29, 1.82) is 0 Å². The van der Waals surface area contributed by atoms with Gasteiger partial charge in [0, 0.05) is 13.3 Å². The van der Waals surface area contributed by atoms with Crippen molar-refractivity contribution in [2.75, 3.05) is 33.0 Å². The summed E-state index contributed by atoms with van der Waals surface area (Å²) >= 11 is 0. The van der Waals surface area contributed by atoms with Crippen LogP contribution < -0.4 is 10.6 Å². The fraction of sp³-hybridized carbons (Fsp3) is 0.946. The summed E-state index contributed by atoms with van der Waals surface area (Å²) in [7, 11) is 0. The Morgan fingerprint density at radius 1 is 0.398 bits per heavy atom. The van der Waals surface area contributed by atoms with Crippen LogP contribution in [0.4, 0.5) is 0 Å². The molecule has 2 amide bonds. The highest BCUT2D eigenvalue weighted by Crippen LogP contribution is 2.37. The van der Waals surface area contributed by atoms with Gasteiger partial charge in [-0.1, -0.05) is 219 Å². The maximum atomic E-state index is 13.5. The number of unbranched alkanes of at least 4 members (excludes halogenated alkanes) is 31. The van der Waals surface area contributed by atoms with Crippen LogP contribution in [0, 0.1) is 0 Å². The second kappa shape index (κ2) is 51.2. The number of carbonyl (C=O) groups is 2. The number of nitrogens with one attached hydrogen (secondary N) is 2. The summed E-state index contributed by atoms with van der Waals surface area (Å²) in [6.45, 7) is 2.67. The number of amides is 2. The minimum atomic E-state index is -2.20. The molecule has 5 aliphatic rings. The van der Waals surface area contributed by atoms with Gasteiger partial charge >= 0.3 is 0 Å². The van der Waals surface area contributed by atoms with Crippen LogP contribution in [-0.2, 0) is 57.0 Å².